The predicted molar refractivity (Wildman–Crippen MR) is 55.7 cm³/mol. The second-order valence-corrected chi connectivity index (χ2v) is 3.36. The molecule has 1 rings (SSSR count). The molecule has 0 N–H and O–H groups in total. The molecule has 68 valence electrons. The summed E-state index contributed by atoms with van der Waals surface area (Å²) in [5.41, 5.74) is 2.62. The van der Waals surface area contributed by atoms with Crippen LogP contribution in [0.4, 0.5) is 0 Å². The summed E-state index contributed by atoms with van der Waals surface area (Å²) in [6, 6.07) is 7.75. The van der Waals surface area contributed by atoms with E-state index in [1.165, 1.54) is 5.56 Å². The number of aryl methyl sites for hydroxylation is 1. The van der Waals surface area contributed by atoms with Crippen molar-refractivity contribution in [1.82, 2.24) is 0 Å². The van der Waals surface area contributed by atoms with E-state index in [2.05, 4.69) is 0 Å². The Bertz CT molecular complexity index is 336. The third kappa shape index (κ3) is 2.43. The number of hydrogen-bond acceptors (Lipinski definition) is 1. The second-order valence-electron chi connectivity index (χ2n) is 2.98. The molecule has 0 heterocycles. The zero-order chi connectivity index (χ0) is 9.84. The number of hydrogen-bond donors (Lipinski definition) is 0. The molecule has 0 bridgehead atoms. The Balaban J connectivity index is 3.09. The van der Waals surface area contributed by atoms with Crippen LogP contribution in [0.3, 0.4) is 0 Å². The molecule has 2 heteroatoms. The van der Waals surface area contributed by atoms with Gasteiger partial charge in [-0.25, -0.2) is 0 Å². The van der Waals surface area contributed by atoms with Gasteiger partial charge in [0.1, 0.15) is 6.29 Å². The largest absolute Gasteiger partial charge is 0.298 e. The predicted octanol–water partition coefficient (Wildman–Crippen LogP) is 3.16. The Morgan fingerprint density at radius 2 is 1.85 bits per heavy atom. The van der Waals surface area contributed by atoms with E-state index in [1.807, 2.05) is 31.2 Å². The summed E-state index contributed by atoms with van der Waals surface area (Å²) in [5, 5.41) is 0.523. The lowest BCUT2D eigenvalue weighted by Gasteiger charge is -2.00. The first-order valence-electron chi connectivity index (χ1n) is 4.03. The average molecular weight is 195 g/mol. The van der Waals surface area contributed by atoms with Crippen LogP contribution in [0.2, 0.25) is 0 Å². The minimum atomic E-state index is 0.523. The van der Waals surface area contributed by atoms with Crippen LogP contribution < -0.4 is 0 Å². The summed E-state index contributed by atoms with van der Waals surface area (Å²) >= 11 is 5.96. The lowest BCUT2D eigenvalue weighted by atomic mass is 10.1. The van der Waals surface area contributed by atoms with Crippen LogP contribution in [-0.4, -0.2) is 6.29 Å². The van der Waals surface area contributed by atoms with E-state index in [0.717, 1.165) is 11.8 Å². The molecule has 0 aliphatic carbocycles. The Morgan fingerprint density at radius 1 is 1.31 bits per heavy atom. The molecule has 0 aromatic heterocycles. The molecule has 13 heavy (non-hydrogen) atoms. The summed E-state index contributed by atoms with van der Waals surface area (Å²) in [6.07, 6.45) is 0.766. The monoisotopic (exact) mass is 194 g/mol. The van der Waals surface area contributed by atoms with E-state index in [9.17, 15) is 4.79 Å². The van der Waals surface area contributed by atoms with Gasteiger partial charge >= 0.3 is 0 Å². The average Bonchev–Trinajstić information content (AvgIpc) is 2.17. The van der Waals surface area contributed by atoms with Crippen LogP contribution in [0.5, 0.6) is 0 Å². The van der Waals surface area contributed by atoms with Crippen molar-refractivity contribution in [2.75, 3.05) is 0 Å². The highest BCUT2D eigenvalue weighted by Gasteiger charge is 2.00. The normalized spacial score (nSPS) is 12.2. The van der Waals surface area contributed by atoms with Gasteiger partial charge in [-0.05, 0) is 19.4 Å². The van der Waals surface area contributed by atoms with Crippen molar-refractivity contribution in [2.24, 2.45) is 0 Å². The highest BCUT2D eigenvalue weighted by atomic mass is 35.5. The van der Waals surface area contributed by atoms with E-state index < -0.39 is 0 Å². The van der Waals surface area contributed by atoms with Crippen LogP contribution >= 0.6 is 11.6 Å². The molecule has 0 saturated heterocycles. The zero-order valence-corrected chi connectivity index (χ0v) is 8.43. The smallest absolute Gasteiger partial charge is 0.147 e. The Hall–Kier alpha value is -1.08. The first-order valence-corrected chi connectivity index (χ1v) is 4.41. The van der Waals surface area contributed by atoms with Crippen molar-refractivity contribution in [3.63, 3.8) is 0 Å². The Morgan fingerprint density at radius 3 is 2.31 bits per heavy atom. The molecule has 1 aromatic rings. The van der Waals surface area contributed by atoms with Crippen molar-refractivity contribution in [3.05, 3.63) is 41.0 Å². The quantitative estimate of drug-likeness (QED) is 0.522. The molecule has 0 saturated carbocycles. The summed E-state index contributed by atoms with van der Waals surface area (Å²) in [7, 11) is 0. The van der Waals surface area contributed by atoms with E-state index in [1.54, 1.807) is 6.92 Å². The van der Waals surface area contributed by atoms with E-state index in [-0.39, 0.29) is 0 Å². The van der Waals surface area contributed by atoms with E-state index >= 15 is 0 Å². The first kappa shape index (κ1) is 10.0. The highest BCUT2D eigenvalue weighted by Crippen LogP contribution is 2.22. The second kappa shape index (κ2) is 4.24. The fraction of sp³-hybridized carbons (Fsp3) is 0.182. The van der Waals surface area contributed by atoms with Gasteiger partial charge in [0.25, 0.3) is 0 Å². The number of benzene rings is 1. The van der Waals surface area contributed by atoms with Crippen LogP contribution in [-0.2, 0) is 4.79 Å². The number of aldehydes is 1. The van der Waals surface area contributed by atoms with Gasteiger partial charge < -0.3 is 0 Å². The van der Waals surface area contributed by atoms with Gasteiger partial charge in [-0.2, -0.15) is 0 Å². The fourth-order valence-electron chi connectivity index (χ4n) is 0.979. The molecule has 0 amide bonds. The summed E-state index contributed by atoms with van der Waals surface area (Å²) < 4.78 is 0. The van der Waals surface area contributed by atoms with Crippen molar-refractivity contribution in [1.29, 1.82) is 0 Å². The Labute approximate surface area is 83.0 Å². The van der Waals surface area contributed by atoms with Gasteiger partial charge in [0.05, 0.1) is 5.03 Å². The van der Waals surface area contributed by atoms with Crippen molar-refractivity contribution in [3.8, 4) is 0 Å². The summed E-state index contributed by atoms with van der Waals surface area (Å²) in [6.45, 7) is 3.71. The molecule has 0 aliphatic rings. The highest BCUT2D eigenvalue weighted by molar-refractivity contribution is 6.50. The number of rotatable bonds is 2. The molecule has 1 nitrogen and oxygen atoms in total. The number of carbonyl (C=O) groups is 1. The number of allylic oxidation sites excluding steroid dienone is 1. The van der Waals surface area contributed by atoms with Gasteiger partial charge in [0.2, 0.25) is 0 Å². The maximum absolute atomic E-state index is 10.4. The number of halogens is 1. The standard InChI is InChI=1S/C11H11ClO/c1-8-3-5-10(6-4-8)11(12)9(2)7-13/h3-7H,1-2H3/b11-9-. The fourth-order valence-corrected chi connectivity index (χ4v) is 1.15. The van der Waals surface area contributed by atoms with Gasteiger partial charge in [0.15, 0.2) is 0 Å². The van der Waals surface area contributed by atoms with Crippen LogP contribution in [0.15, 0.2) is 29.8 Å². The molecule has 0 unspecified atom stereocenters. The molecule has 0 atom stereocenters. The minimum Gasteiger partial charge on any atom is -0.298 e. The maximum Gasteiger partial charge on any atom is 0.147 e. The molecular formula is C11H11ClO. The van der Waals surface area contributed by atoms with Crippen molar-refractivity contribution < 1.29 is 4.79 Å². The number of carbonyl (C=O) groups excluding carboxylic acids is 1. The van der Waals surface area contributed by atoms with Crippen LogP contribution in [0.1, 0.15) is 18.1 Å². The topological polar surface area (TPSA) is 17.1 Å². The third-order valence-electron chi connectivity index (χ3n) is 1.83. The lowest BCUT2D eigenvalue weighted by molar-refractivity contribution is -0.104. The zero-order valence-electron chi connectivity index (χ0n) is 7.67. The molecular weight excluding hydrogens is 184 g/mol. The summed E-state index contributed by atoms with van der Waals surface area (Å²) in [5.74, 6) is 0. The lowest BCUT2D eigenvalue weighted by Crippen LogP contribution is -1.84. The molecule has 0 fully saturated rings. The molecule has 1 aromatic carbocycles. The SMILES string of the molecule is C/C(C=O)=C(/Cl)c1ccc(C)cc1. The molecule has 0 radical (unpaired) electrons. The van der Waals surface area contributed by atoms with Crippen LogP contribution in [0.25, 0.3) is 5.03 Å². The van der Waals surface area contributed by atoms with Crippen molar-refractivity contribution >= 4 is 22.9 Å². The van der Waals surface area contributed by atoms with Gasteiger partial charge in [-0.15, -0.1) is 0 Å². The molecule has 0 aliphatic heterocycles. The minimum absolute atomic E-state index is 0.523. The first-order chi connectivity index (χ1) is 6.15. The maximum atomic E-state index is 10.4. The van der Waals surface area contributed by atoms with E-state index in [0.29, 0.717) is 10.6 Å². The van der Waals surface area contributed by atoms with Crippen LogP contribution in [0, 0.1) is 6.92 Å². The third-order valence-corrected chi connectivity index (χ3v) is 2.34. The molecule has 0 spiro atoms. The van der Waals surface area contributed by atoms with E-state index in [4.69, 9.17) is 11.6 Å². The summed E-state index contributed by atoms with van der Waals surface area (Å²) in [4.78, 5) is 10.4. The van der Waals surface area contributed by atoms with Gasteiger partial charge in [-0.1, -0.05) is 41.4 Å². The van der Waals surface area contributed by atoms with Crippen molar-refractivity contribution in [2.45, 2.75) is 13.8 Å². The Kier molecular flexibility index (Phi) is 3.26. The van der Waals surface area contributed by atoms with Gasteiger partial charge in [0, 0.05) is 5.57 Å². The van der Waals surface area contributed by atoms with Gasteiger partial charge in [-0.3, -0.25) is 4.79 Å².